The molecule has 1 aliphatic rings. The summed E-state index contributed by atoms with van der Waals surface area (Å²) in [5, 5.41) is 3.11. The van der Waals surface area contributed by atoms with Gasteiger partial charge in [-0.2, -0.15) is 0 Å². The van der Waals surface area contributed by atoms with Crippen molar-refractivity contribution in [1.29, 1.82) is 0 Å². The number of amides is 1. The smallest absolute Gasteiger partial charge is 0.237 e. The molecular formula is C17H26N2O. The number of carbonyl (C=O) groups excluding carboxylic acids is 1. The minimum absolute atomic E-state index is 0.0214. The molecule has 1 unspecified atom stereocenters. The van der Waals surface area contributed by atoms with Crippen LogP contribution >= 0.6 is 0 Å². The molecule has 3 N–H and O–H groups in total. The second kappa shape index (κ2) is 7.44. The van der Waals surface area contributed by atoms with Crippen molar-refractivity contribution < 1.29 is 4.79 Å². The van der Waals surface area contributed by atoms with Crippen LogP contribution in [0.1, 0.15) is 44.6 Å². The number of hydrogen-bond donors (Lipinski definition) is 2. The number of nitrogens with one attached hydrogen (secondary N) is 1. The molecule has 0 bridgehead atoms. The predicted molar refractivity (Wildman–Crippen MR) is 82.3 cm³/mol. The summed E-state index contributed by atoms with van der Waals surface area (Å²) in [6.07, 6.45) is 6.99. The van der Waals surface area contributed by atoms with E-state index in [-0.39, 0.29) is 11.9 Å². The fourth-order valence-electron chi connectivity index (χ4n) is 3.04. The first-order valence-electron chi connectivity index (χ1n) is 7.76. The molecule has 1 saturated carbocycles. The molecule has 2 rings (SSSR count). The minimum atomic E-state index is -0.455. The second-order valence-corrected chi connectivity index (χ2v) is 5.99. The molecule has 1 aromatic rings. The standard InChI is InChI=1S/C17H26N2O/c1-13(15-10-6-3-7-11-15)19-17(20)16(18)12-14-8-4-2-5-9-14/h2,4-5,8-9,13,15-16H,3,6-7,10-12,18H2,1H3,(H,19,20)/t13?,16-/m0/s1. The highest BCUT2D eigenvalue weighted by atomic mass is 16.2. The Morgan fingerprint density at radius 2 is 1.90 bits per heavy atom. The summed E-state index contributed by atoms with van der Waals surface area (Å²) in [5.74, 6) is 0.601. The van der Waals surface area contributed by atoms with Crippen LogP contribution in [0.4, 0.5) is 0 Å². The second-order valence-electron chi connectivity index (χ2n) is 5.99. The lowest BCUT2D eigenvalue weighted by molar-refractivity contribution is -0.123. The Bertz CT molecular complexity index is 412. The summed E-state index contributed by atoms with van der Waals surface area (Å²) in [4.78, 5) is 12.2. The molecule has 1 aromatic carbocycles. The van der Waals surface area contributed by atoms with Crippen molar-refractivity contribution >= 4 is 5.91 Å². The third-order valence-electron chi connectivity index (χ3n) is 4.36. The van der Waals surface area contributed by atoms with E-state index in [0.29, 0.717) is 12.3 Å². The van der Waals surface area contributed by atoms with Crippen LogP contribution in [-0.2, 0) is 11.2 Å². The normalized spacial score (nSPS) is 19.3. The van der Waals surface area contributed by atoms with Crippen molar-refractivity contribution in [2.75, 3.05) is 0 Å². The van der Waals surface area contributed by atoms with Crippen molar-refractivity contribution in [1.82, 2.24) is 5.32 Å². The summed E-state index contributed by atoms with van der Waals surface area (Å²) in [7, 11) is 0. The number of carbonyl (C=O) groups is 1. The Morgan fingerprint density at radius 3 is 2.55 bits per heavy atom. The first kappa shape index (κ1) is 15.0. The average Bonchev–Trinajstić information content (AvgIpc) is 2.49. The zero-order valence-corrected chi connectivity index (χ0v) is 12.3. The first-order chi connectivity index (χ1) is 9.66. The van der Waals surface area contributed by atoms with Gasteiger partial charge in [0.15, 0.2) is 0 Å². The summed E-state index contributed by atoms with van der Waals surface area (Å²) in [6, 6.07) is 9.73. The largest absolute Gasteiger partial charge is 0.352 e. The molecule has 1 amide bonds. The van der Waals surface area contributed by atoms with Crippen molar-refractivity contribution in [3.05, 3.63) is 35.9 Å². The Balaban J connectivity index is 1.81. The Kier molecular flexibility index (Phi) is 5.60. The van der Waals surface area contributed by atoms with Crippen LogP contribution in [0.2, 0.25) is 0 Å². The van der Waals surface area contributed by atoms with Gasteiger partial charge in [-0.1, -0.05) is 49.6 Å². The number of rotatable bonds is 5. The molecule has 3 nitrogen and oxygen atoms in total. The van der Waals surface area contributed by atoms with Crippen molar-refractivity contribution in [3.8, 4) is 0 Å². The predicted octanol–water partition coefficient (Wildman–Crippen LogP) is 2.64. The van der Waals surface area contributed by atoms with Crippen LogP contribution in [0.15, 0.2) is 30.3 Å². The van der Waals surface area contributed by atoms with E-state index in [2.05, 4.69) is 12.2 Å². The molecule has 0 aromatic heterocycles. The SMILES string of the molecule is CC(NC(=O)[C@@H](N)Cc1ccccc1)C1CCCCC1. The highest BCUT2D eigenvalue weighted by Gasteiger charge is 2.23. The number of hydrogen-bond acceptors (Lipinski definition) is 2. The van der Waals surface area contributed by atoms with E-state index in [9.17, 15) is 4.79 Å². The molecule has 2 atom stereocenters. The van der Waals surface area contributed by atoms with Gasteiger partial charge in [0.25, 0.3) is 0 Å². The van der Waals surface area contributed by atoms with Crippen LogP contribution in [0.3, 0.4) is 0 Å². The Labute approximate surface area is 121 Å². The minimum Gasteiger partial charge on any atom is -0.352 e. The van der Waals surface area contributed by atoms with E-state index in [1.165, 1.54) is 32.1 Å². The highest BCUT2D eigenvalue weighted by Crippen LogP contribution is 2.26. The van der Waals surface area contributed by atoms with Crippen LogP contribution < -0.4 is 11.1 Å². The molecule has 0 radical (unpaired) electrons. The molecule has 110 valence electrons. The van der Waals surface area contributed by atoms with E-state index >= 15 is 0 Å². The van der Waals surface area contributed by atoms with Crippen LogP contribution in [0.25, 0.3) is 0 Å². The Morgan fingerprint density at radius 1 is 1.25 bits per heavy atom. The van der Waals surface area contributed by atoms with E-state index in [0.717, 1.165) is 5.56 Å². The highest BCUT2D eigenvalue weighted by molar-refractivity contribution is 5.82. The van der Waals surface area contributed by atoms with Crippen molar-refractivity contribution in [2.45, 2.75) is 57.5 Å². The maximum Gasteiger partial charge on any atom is 0.237 e. The fourth-order valence-corrected chi connectivity index (χ4v) is 3.04. The maximum absolute atomic E-state index is 12.2. The topological polar surface area (TPSA) is 55.1 Å². The summed E-state index contributed by atoms with van der Waals surface area (Å²) in [5.41, 5.74) is 7.13. The van der Waals surface area contributed by atoms with Crippen LogP contribution in [0, 0.1) is 5.92 Å². The van der Waals surface area contributed by atoms with E-state index in [1.807, 2.05) is 30.3 Å². The van der Waals surface area contributed by atoms with Gasteiger partial charge in [0.05, 0.1) is 6.04 Å². The molecule has 20 heavy (non-hydrogen) atoms. The monoisotopic (exact) mass is 274 g/mol. The third-order valence-corrected chi connectivity index (χ3v) is 4.36. The third kappa shape index (κ3) is 4.34. The molecule has 0 aliphatic heterocycles. The van der Waals surface area contributed by atoms with Crippen LogP contribution in [0.5, 0.6) is 0 Å². The van der Waals surface area contributed by atoms with Gasteiger partial charge in [-0.15, -0.1) is 0 Å². The van der Waals surface area contributed by atoms with Gasteiger partial charge < -0.3 is 11.1 Å². The van der Waals surface area contributed by atoms with Gasteiger partial charge in [0, 0.05) is 6.04 Å². The lowest BCUT2D eigenvalue weighted by Crippen LogP contribution is -2.48. The number of nitrogens with two attached hydrogens (primary N) is 1. The van der Waals surface area contributed by atoms with Gasteiger partial charge in [-0.05, 0) is 37.7 Å². The lowest BCUT2D eigenvalue weighted by Gasteiger charge is -2.29. The summed E-state index contributed by atoms with van der Waals surface area (Å²) >= 11 is 0. The van der Waals surface area contributed by atoms with E-state index in [1.54, 1.807) is 0 Å². The van der Waals surface area contributed by atoms with E-state index in [4.69, 9.17) is 5.73 Å². The number of benzene rings is 1. The van der Waals surface area contributed by atoms with Gasteiger partial charge in [0.1, 0.15) is 0 Å². The van der Waals surface area contributed by atoms with Gasteiger partial charge in [-0.3, -0.25) is 4.79 Å². The zero-order chi connectivity index (χ0) is 14.4. The molecular weight excluding hydrogens is 248 g/mol. The van der Waals surface area contributed by atoms with Crippen molar-refractivity contribution in [2.24, 2.45) is 11.7 Å². The van der Waals surface area contributed by atoms with E-state index < -0.39 is 6.04 Å². The van der Waals surface area contributed by atoms with Gasteiger partial charge in [-0.25, -0.2) is 0 Å². The first-order valence-corrected chi connectivity index (χ1v) is 7.76. The fraction of sp³-hybridized carbons (Fsp3) is 0.588. The van der Waals surface area contributed by atoms with Gasteiger partial charge >= 0.3 is 0 Å². The van der Waals surface area contributed by atoms with Crippen LogP contribution in [-0.4, -0.2) is 18.0 Å². The molecule has 0 heterocycles. The quantitative estimate of drug-likeness (QED) is 0.867. The lowest BCUT2D eigenvalue weighted by atomic mass is 9.84. The molecule has 0 spiro atoms. The molecule has 1 aliphatic carbocycles. The van der Waals surface area contributed by atoms with Crippen molar-refractivity contribution in [3.63, 3.8) is 0 Å². The Hall–Kier alpha value is -1.35. The maximum atomic E-state index is 12.2. The molecule has 3 heteroatoms. The average molecular weight is 274 g/mol. The molecule has 0 saturated heterocycles. The summed E-state index contributed by atoms with van der Waals surface area (Å²) in [6.45, 7) is 2.11. The zero-order valence-electron chi connectivity index (χ0n) is 12.3. The van der Waals surface area contributed by atoms with Gasteiger partial charge in [0.2, 0.25) is 5.91 Å². The summed E-state index contributed by atoms with van der Waals surface area (Å²) < 4.78 is 0. The molecule has 1 fully saturated rings.